The standard InChI is InChI=1S/C9H18/c1-7(2)9-5-4-8(3)6-9/h7-9H,4-6H2,1-3H3/t8-,9-/m0/s1. The highest BCUT2D eigenvalue weighted by Gasteiger charge is 2.23. The zero-order valence-corrected chi connectivity index (χ0v) is 6.85. The third-order valence-electron chi connectivity index (χ3n) is 2.68. The zero-order chi connectivity index (χ0) is 6.85. The molecule has 0 heteroatoms. The van der Waals surface area contributed by atoms with Crippen molar-refractivity contribution >= 4 is 0 Å². The summed E-state index contributed by atoms with van der Waals surface area (Å²) in [6.45, 7) is 7.08. The second-order valence-corrected chi connectivity index (χ2v) is 3.92. The normalized spacial score (nSPS) is 36.0. The lowest BCUT2D eigenvalue weighted by Crippen LogP contribution is -2.02. The SMILES string of the molecule is CC(C)[C@H]1CC[C@H](C)C1. The van der Waals surface area contributed by atoms with Crippen LogP contribution in [0.3, 0.4) is 0 Å². The highest BCUT2D eigenvalue weighted by atomic mass is 14.3. The molecule has 1 rings (SSSR count). The Hall–Kier alpha value is 0. The van der Waals surface area contributed by atoms with Gasteiger partial charge in [-0.05, 0) is 30.6 Å². The minimum Gasteiger partial charge on any atom is -0.0625 e. The summed E-state index contributed by atoms with van der Waals surface area (Å²) < 4.78 is 0. The van der Waals surface area contributed by atoms with Gasteiger partial charge < -0.3 is 0 Å². The summed E-state index contributed by atoms with van der Waals surface area (Å²) >= 11 is 0. The van der Waals surface area contributed by atoms with E-state index in [1.54, 1.807) is 0 Å². The molecule has 0 aromatic rings. The molecule has 1 saturated carbocycles. The molecular formula is C9H18. The fourth-order valence-corrected chi connectivity index (χ4v) is 1.86. The molecule has 1 aliphatic rings. The molecule has 1 fully saturated rings. The van der Waals surface area contributed by atoms with Gasteiger partial charge in [-0.1, -0.05) is 27.2 Å². The van der Waals surface area contributed by atoms with Crippen LogP contribution in [0.25, 0.3) is 0 Å². The fourth-order valence-electron chi connectivity index (χ4n) is 1.86. The van der Waals surface area contributed by atoms with Crippen LogP contribution in [-0.2, 0) is 0 Å². The van der Waals surface area contributed by atoms with Crippen LogP contribution in [0.15, 0.2) is 0 Å². The summed E-state index contributed by atoms with van der Waals surface area (Å²) in [4.78, 5) is 0. The molecule has 0 nitrogen and oxygen atoms in total. The number of hydrogen-bond acceptors (Lipinski definition) is 0. The Morgan fingerprint density at radius 1 is 1.22 bits per heavy atom. The molecule has 0 aromatic heterocycles. The molecule has 54 valence electrons. The summed E-state index contributed by atoms with van der Waals surface area (Å²) in [5, 5.41) is 0. The smallest absolute Gasteiger partial charge is 0.0388 e. The van der Waals surface area contributed by atoms with Crippen molar-refractivity contribution in [3.8, 4) is 0 Å². The summed E-state index contributed by atoms with van der Waals surface area (Å²) in [5.41, 5.74) is 0. The molecule has 0 saturated heterocycles. The van der Waals surface area contributed by atoms with Crippen molar-refractivity contribution in [1.29, 1.82) is 0 Å². The maximum Gasteiger partial charge on any atom is -0.0388 e. The Kier molecular flexibility index (Phi) is 2.15. The van der Waals surface area contributed by atoms with E-state index in [0.29, 0.717) is 0 Å². The lowest BCUT2D eigenvalue weighted by molar-refractivity contribution is 0.384. The molecule has 0 amide bonds. The highest BCUT2D eigenvalue weighted by molar-refractivity contribution is 4.74. The van der Waals surface area contributed by atoms with E-state index in [4.69, 9.17) is 0 Å². The van der Waals surface area contributed by atoms with E-state index < -0.39 is 0 Å². The minimum absolute atomic E-state index is 0.926. The van der Waals surface area contributed by atoms with Crippen molar-refractivity contribution in [3.05, 3.63) is 0 Å². The van der Waals surface area contributed by atoms with Gasteiger partial charge in [-0.2, -0.15) is 0 Å². The van der Waals surface area contributed by atoms with Gasteiger partial charge in [0.2, 0.25) is 0 Å². The summed E-state index contributed by atoms with van der Waals surface area (Å²) in [6, 6.07) is 0. The first-order valence-corrected chi connectivity index (χ1v) is 4.20. The monoisotopic (exact) mass is 126 g/mol. The molecule has 9 heavy (non-hydrogen) atoms. The molecule has 0 spiro atoms. The lowest BCUT2D eigenvalue weighted by Gasteiger charge is -2.12. The molecule has 0 aromatic carbocycles. The molecule has 0 aliphatic heterocycles. The maximum atomic E-state index is 2.38. The Labute approximate surface area is 58.7 Å². The fraction of sp³-hybridized carbons (Fsp3) is 1.00. The third-order valence-corrected chi connectivity index (χ3v) is 2.68. The first kappa shape index (κ1) is 7.11. The number of hydrogen-bond donors (Lipinski definition) is 0. The molecule has 0 heterocycles. The van der Waals surface area contributed by atoms with Gasteiger partial charge in [0.1, 0.15) is 0 Å². The van der Waals surface area contributed by atoms with Crippen molar-refractivity contribution in [2.75, 3.05) is 0 Å². The van der Waals surface area contributed by atoms with E-state index >= 15 is 0 Å². The van der Waals surface area contributed by atoms with Crippen molar-refractivity contribution in [2.45, 2.75) is 40.0 Å². The van der Waals surface area contributed by atoms with Gasteiger partial charge in [0, 0.05) is 0 Å². The predicted molar refractivity (Wildman–Crippen MR) is 41.3 cm³/mol. The first-order valence-electron chi connectivity index (χ1n) is 4.20. The second-order valence-electron chi connectivity index (χ2n) is 3.92. The van der Waals surface area contributed by atoms with Crippen LogP contribution in [0.5, 0.6) is 0 Å². The van der Waals surface area contributed by atoms with Crippen molar-refractivity contribution in [3.63, 3.8) is 0 Å². The first-order chi connectivity index (χ1) is 4.20. The Morgan fingerprint density at radius 2 is 1.89 bits per heavy atom. The molecule has 0 unspecified atom stereocenters. The van der Waals surface area contributed by atoms with Gasteiger partial charge >= 0.3 is 0 Å². The van der Waals surface area contributed by atoms with E-state index in [9.17, 15) is 0 Å². The van der Waals surface area contributed by atoms with Crippen molar-refractivity contribution < 1.29 is 0 Å². The van der Waals surface area contributed by atoms with E-state index in [1.807, 2.05) is 0 Å². The van der Waals surface area contributed by atoms with Crippen LogP contribution in [-0.4, -0.2) is 0 Å². The summed E-state index contributed by atoms with van der Waals surface area (Å²) in [5.74, 6) is 2.98. The molecule has 0 N–H and O–H groups in total. The molecule has 0 bridgehead atoms. The van der Waals surface area contributed by atoms with Gasteiger partial charge in [-0.15, -0.1) is 0 Å². The zero-order valence-electron chi connectivity index (χ0n) is 6.85. The van der Waals surface area contributed by atoms with Gasteiger partial charge in [0.15, 0.2) is 0 Å². The van der Waals surface area contributed by atoms with Crippen LogP contribution in [0.2, 0.25) is 0 Å². The van der Waals surface area contributed by atoms with Gasteiger partial charge in [0.05, 0.1) is 0 Å². The van der Waals surface area contributed by atoms with E-state index in [0.717, 1.165) is 17.8 Å². The Morgan fingerprint density at radius 3 is 2.11 bits per heavy atom. The summed E-state index contributed by atoms with van der Waals surface area (Å²) in [7, 11) is 0. The largest absolute Gasteiger partial charge is 0.0625 e. The molecule has 1 aliphatic carbocycles. The van der Waals surface area contributed by atoms with Crippen LogP contribution in [0, 0.1) is 17.8 Å². The Balaban J connectivity index is 2.30. The van der Waals surface area contributed by atoms with Crippen LogP contribution < -0.4 is 0 Å². The van der Waals surface area contributed by atoms with E-state index in [1.165, 1.54) is 19.3 Å². The van der Waals surface area contributed by atoms with Gasteiger partial charge in [-0.3, -0.25) is 0 Å². The van der Waals surface area contributed by atoms with Crippen molar-refractivity contribution in [2.24, 2.45) is 17.8 Å². The maximum absolute atomic E-state index is 2.38. The van der Waals surface area contributed by atoms with Crippen LogP contribution >= 0.6 is 0 Å². The topological polar surface area (TPSA) is 0 Å². The predicted octanol–water partition coefficient (Wildman–Crippen LogP) is 3.08. The highest BCUT2D eigenvalue weighted by Crippen LogP contribution is 2.34. The average molecular weight is 126 g/mol. The van der Waals surface area contributed by atoms with E-state index in [-0.39, 0.29) is 0 Å². The van der Waals surface area contributed by atoms with Crippen LogP contribution in [0.1, 0.15) is 40.0 Å². The second kappa shape index (κ2) is 2.72. The molecule has 0 radical (unpaired) electrons. The molecule has 2 atom stereocenters. The lowest BCUT2D eigenvalue weighted by atomic mass is 9.94. The van der Waals surface area contributed by atoms with Gasteiger partial charge in [-0.25, -0.2) is 0 Å². The average Bonchev–Trinajstić information content (AvgIpc) is 2.14. The van der Waals surface area contributed by atoms with E-state index in [2.05, 4.69) is 20.8 Å². The van der Waals surface area contributed by atoms with Crippen LogP contribution in [0.4, 0.5) is 0 Å². The third kappa shape index (κ3) is 1.70. The molecular weight excluding hydrogens is 108 g/mol. The number of rotatable bonds is 1. The summed E-state index contributed by atoms with van der Waals surface area (Å²) in [6.07, 6.45) is 4.44. The van der Waals surface area contributed by atoms with Gasteiger partial charge in [0.25, 0.3) is 0 Å². The Bertz CT molecular complexity index is 84.0. The quantitative estimate of drug-likeness (QED) is 0.506. The van der Waals surface area contributed by atoms with Crippen molar-refractivity contribution in [1.82, 2.24) is 0 Å². The minimum atomic E-state index is 0.926.